The first-order chi connectivity index (χ1) is 20.6. The van der Waals surface area contributed by atoms with Gasteiger partial charge >= 0.3 is 5.69 Å². The summed E-state index contributed by atoms with van der Waals surface area (Å²) < 4.78 is 31.6. The van der Waals surface area contributed by atoms with Crippen LogP contribution in [0.5, 0.6) is 0 Å². The van der Waals surface area contributed by atoms with Gasteiger partial charge in [-0.3, -0.25) is 28.8 Å². The lowest BCUT2D eigenvalue weighted by molar-refractivity contribution is -0.137. The fraction of sp³-hybridized carbons (Fsp3) is 0.200. The average Bonchev–Trinajstić information content (AvgIpc) is 3.55. The number of hydrogen-bond acceptors (Lipinski definition) is 6. The third kappa shape index (κ3) is 5.09. The lowest BCUT2D eigenvalue weighted by atomic mass is 10.0. The summed E-state index contributed by atoms with van der Waals surface area (Å²) in [6, 6.07) is 14.4. The molecule has 13 heteroatoms. The van der Waals surface area contributed by atoms with Crippen LogP contribution in [0.1, 0.15) is 23.8 Å². The van der Waals surface area contributed by atoms with E-state index in [0.717, 1.165) is 4.90 Å². The number of Topliss-reactive ketones (excluding diaryl/α,β-unsaturated/α-hetero) is 1. The van der Waals surface area contributed by atoms with E-state index in [1.807, 2.05) is 0 Å². The van der Waals surface area contributed by atoms with E-state index >= 15 is 4.39 Å². The average molecular weight is 587 g/mol. The number of rotatable bonds is 6. The highest BCUT2D eigenvalue weighted by molar-refractivity contribution is 6.05. The summed E-state index contributed by atoms with van der Waals surface area (Å²) in [6.45, 7) is 0.706. The molecule has 0 unspecified atom stereocenters. The highest BCUT2D eigenvalue weighted by Gasteiger charge is 2.40. The molecule has 2 atom stereocenters. The number of para-hydroxylation sites is 1. The number of halogens is 2. The van der Waals surface area contributed by atoms with Crippen molar-refractivity contribution in [3.8, 4) is 11.1 Å². The van der Waals surface area contributed by atoms with Crippen LogP contribution in [0.15, 0.2) is 70.3 Å². The van der Waals surface area contributed by atoms with E-state index < -0.39 is 41.1 Å². The Morgan fingerprint density at radius 1 is 1.02 bits per heavy atom. The molecule has 1 fully saturated rings. The van der Waals surface area contributed by atoms with Crippen LogP contribution < -0.4 is 16.6 Å². The third-order valence-electron chi connectivity index (χ3n) is 7.46. The Balaban J connectivity index is 1.25. The second-order valence-electron chi connectivity index (χ2n) is 10.3. The van der Waals surface area contributed by atoms with Crippen molar-refractivity contribution in [3.05, 3.63) is 93.0 Å². The van der Waals surface area contributed by atoms with Gasteiger partial charge in [-0.2, -0.15) is 5.10 Å². The number of H-pyrrole nitrogens is 2. The molecule has 6 rings (SSSR count). The summed E-state index contributed by atoms with van der Waals surface area (Å²) in [7, 11) is 0. The van der Waals surface area contributed by atoms with Gasteiger partial charge in [0.1, 0.15) is 24.5 Å². The van der Waals surface area contributed by atoms with Crippen LogP contribution in [-0.4, -0.2) is 61.0 Å². The Hall–Kier alpha value is -5.46. The topological polar surface area (TPSA) is 150 Å². The van der Waals surface area contributed by atoms with Crippen molar-refractivity contribution in [2.45, 2.75) is 32.1 Å². The van der Waals surface area contributed by atoms with Gasteiger partial charge in [0.2, 0.25) is 11.8 Å². The van der Waals surface area contributed by atoms with Crippen molar-refractivity contribution in [1.29, 1.82) is 0 Å². The highest BCUT2D eigenvalue weighted by Crippen LogP contribution is 2.30. The zero-order chi connectivity index (χ0) is 30.4. The molecule has 43 heavy (non-hydrogen) atoms. The predicted molar refractivity (Wildman–Crippen MR) is 154 cm³/mol. The standard InChI is InChI=1S/C30H24F2N6O5/c1-15(39)27-19-5-2-3-8-23(19)38(36-27)14-25(40)37-13-17(31)12-24(37)29(42)33-22-7-4-6-18(26(22)32)16-9-10-21-20(11-16)28(41)35-30(43)34-21/h2-11,17,24H,12-14H2,1H3,(H,33,42)(H2,34,35,41,43)/t17-,24+/m1/s1. The molecule has 1 aliphatic rings. The summed E-state index contributed by atoms with van der Waals surface area (Å²) in [5.41, 5.74) is -0.114. The number of hydrogen-bond donors (Lipinski definition) is 3. The van der Waals surface area contributed by atoms with Crippen molar-refractivity contribution >= 4 is 45.1 Å². The first-order valence-corrected chi connectivity index (χ1v) is 13.4. The van der Waals surface area contributed by atoms with Crippen LogP contribution in [0.3, 0.4) is 0 Å². The lowest BCUT2D eigenvalue weighted by Gasteiger charge is -2.24. The molecule has 0 radical (unpaired) electrons. The number of anilines is 1. The number of ketones is 1. The predicted octanol–water partition coefficient (Wildman–Crippen LogP) is 3.15. The van der Waals surface area contributed by atoms with Crippen molar-refractivity contribution in [1.82, 2.24) is 24.6 Å². The Morgan fingerprint density at radius 2 is 1.81 bits per heavy atom. The largest absolute Gasteiger partial charge is 0.326 e. The number of carbonyl (C=O) groups excluding carboxylic acids is 3. The Morgan fingerprint density at radius 3 is 2.60 bits per heavy atom. The minimum atomic E-state index is -1.47. The fourth-order valence-corrected chi connectivity index (χ4v) is 5.44. The second-order valence-corrected chi connectivity index (χ2v) is 10.3. The molecule has 0 bridgehead atoms. The number of nitrogens with zero attached hydrogens (tertiary/aromatic N) is 3. The molecular weight excluding hydrogens is 562 g/mol. The second kappa shape index (κ2) is 10.7. The maximum absolute atomic E-state index is 15.7. The number of carbonyl (C=O) groups is 3. The number of aromatic amines is 2. The molecule has 0 aliphatic carbocycles. The van der Waals surface area contributed by atoms with Crippen LogP contribution in [0.2, 0.25) is 0 Å². The summed E-state index contributed by atoms with van der Waals surface area (Å²) in [6.07, 6.45) is -1.75. The molecule has 3 aromatic carbocycles. The van der Waals surface area contributed by atoms with E-state index in [1.54, 1.807) is 24.3 Å². The van der Waals surface area contributed by atoms with Gasteiger partial charge in [0.05, 0.1) is 28.7 Å². The van der Waals surface area contributed by atoms with Crippen LogP contribution in [0.25, 0.3) is 32.9 Å². The fourth-order valence-electron chi connectivity index (χ4n) is 5.44. The maximum Gasteiger partial charge on any atom is 0.326 e. The Labute approximate surface area is 241 Å². The van der Waals surface area contributed by atoms with Crippen LogP contribution >= 0.6 is 0 Å². The van der Waals surface area contributed by atoms with Crippen LogP contribution in [0, 0.1) is 5.82 Å². The van der Waals surface area contributed by atoms with Gasteiger partial charge < -0.3 is 15.2 Å². The number of fused-ring (bicyclic) bond motifs is 2. The van der Waals surface area contributed by atoms with E-state index in [-0.39, 0.29) is 53.1 Å². The SMILES string of the molecule is CC(=O)c1nn(CC(=O)N2C[C@H](F)C[C@H]2C(=O)Nc2cccc(-c3ccc4[nH]c(=O)[nH]c(=O)c4c3)c2F)c2ccccc12. The summed E-state index contributed by atoms with van der Waals surface area (Å²) in [5.74, 6) is -2.44. The Bertz CT molecular complexity index is 2070. The van der Waals surface area contributed by atoms with Crippen LogP contribution in [-0.2, 0) is 16.1 Å². The first kappa shape index (κ1) is 27.7. The molecule has 0 saturated carbocycles. The molecule has 1 saturated heterocycles. The monoisotopic (exact) mass is 586 g/mol. The zero-order valence-corrected chi connectivity index (χ0v) is 22.7. The van der Waals surface area contributed by atoms with Crippen molar-refractivity contribution in [3.63, 3.8) is 0 Å². The zero-order valence-electron chi connectivity index (χ0n) is 22.7. The quantitative estimate of drug-likeness (QED) is 0.260. The van der Waals surface area contributed by atoms with Gasteiger partial charge in [-0.15, -0.1) is 0 Å². The van der Waals surface area contributed by atoms with Crippen molar-refractivity contribution in [2.75, 3.05) is 11.9 Å². The molecule has 3 heterocycles. The molecule has 11 nitrogen and oxygen atoms in total. The van der Waals surface area contributed by atoms with Crippen molar-refractivity contribution in [2.24, 2.45) is 0 Å². The van der Waals surface area contributed by atoms with Gasteiger partial charge in [0.25, 0.3) is 5.56 Å². The minimum absolute atomic E-state index is 0.0693. The van der Waals surface area contributed by atoms with Gasteiger partial charge in [-0.05, 0) is 29.8 Å². The van der Waals surface area contributed by atoms with Gasteiger partial charge in [-0.25, -0.2) is 13.6 Å². The van der Waals surface area contributed by atoms with E-state index in [1.165, 1.54) is 48.0 Å². The molecule has 0 spiro atoms. The summed E-state index contributed by atoms with van der Waals surface area (Å²) >= 11 is 0. The number of amides is 2. The van der Waals surface area contributed by atoms with Gasteiger partial charge in [0.15, 0.2) is 11.6 Å². The van der Waals surface area contributed by atoms with E-state index in [9.17, 15) is 28.4 Å². The number of aromatic nitrogens is 4. The number of likely N-dealkylation sites (tertiary alicyclic amines) is 1. The Kier molecular flexibility index (Phi) is 6.92. The van der Waals surface area contributed by atoms with Gasteiger partial charge in [0, 0.05) is 24.3 Å². The molecule has 218 valence electrons. The molecule has 2 amide bonds. The number of benzene rings is 3. The molecule has 3 N–H and O–H groups in total. The molecule has 5 aromatic rings. The molecular formula is C30H24F2N6O5. The van der Waals surface area contributed by atoms with Gasteiger partial charge in [-0.1, -0.05) is 36.4 Å². The van der Waals surface area contributed by atoms with Crippen LogP contribution in [0.4, 0.5) is 14.5 Å². The highest BCUT2D eigenvalue weighted by atomic mass is 19.1. The maximum atomic E-state index is 15.7. The normalized spacial score (nSPS) is 16.6. The number of alkyl halides is 1. The smallest absolute Gasteiger partial charge is 0.326 e. The summed E-state index contributed by atoms with van der Waals surface area (Å²) in [5, 5.41) is 7.46. The lowest BCUT2D eigenvalue weighted by Crippen LogP contribution is -2.44. The molecule has 2 aromatic heterocycles. The van der Waals surface area contributed by atoms with E-state index in [0.29, 0.717) is 16.5 Å². The first-order valence-electron chi connectivity index (χ1n) is 13.4. The van der Waals surface area contributed by atoms with E-state index in [4.69, 9.17) is 0 Å². The van der Waals surface area contributed by atoms with Crippen molar-refractivity contribution < 1.29 is 23.2 Å². The summed E-state index contributed by atoms with van der Waals surface area (Å²) in [4.78, 5) is 68.2. The third-order valence-corrected chi connectivity index (χ3v) is 7.46. The molecule has 1 aliphatic heterocycles. The van der Waals surface area contributed by atoms with E-state index in [2.05, 4.69) is 20.4 Å². The number of nitrogens with one attached hydrogen (secondary N) is 3. The minimum Gasteiger partial charge on any atom is -0.326 e.